The van der Waals surface area contributed by atoms with Crippen LogP contribution in [0.3, 0.4) is 0 Å². The molecule has 2 N–H and O–H groups in total. The van der Waals surface area contributed by atoms with Gasteiger partial charge >= 0.3 is 0 Å². The monoisotopic (exact) mass is 592 g/mol. The first-order chi connectivity index (χ1) is 21.5. The third-order valence-corrected chi connectivity index (χ3v) is 8.86. The highest BCUT2D eigenvalue weighted by Gasteiger charge is 2.40. The molecule has 228 valence electrons. The Hall–Kier alpha value is -3.95. The first-order valence-corrected chi connectivity index (χ1v) is 15.5. The van der Waals surface area contributed by atoms with Gasteiger partial charge in [0.1, 0.15) is 5.69 Å². The number of hydrogen-bond donors (Lipinski definition) is 2. The first kappa shape index (κ1) is 30.1. The Morgan fingerprint density at radius 3 is 2.41 bits per heavy atom. The molecule has 1 aliphatic carbocycles. The number of nitrogens with zero attached hydrogens (tertiary/aromatic N) is 3. The van der Waals surface area contributed by atoms with Crippen LogP contribution in [0.5, 0.6) is 0 Å². The summed E-state index contributed by atoms with van der Waals surface area (Å²) in [4.78, 5) is 24.3. The minimum Gasteiger partial charge on any atom is -0.392 e. The lowest BCUT2D eigenvalue weighted by atomic mass is 9.89. The standard InChI is InChI=1S/C36H40N4O4/c1-3-20-40(29-8-4-5-9-29)22-33-24(2)34(26-14-12-25(23-41)13-15-26)44-36(43-33)27-16-18-28(19-17-27)38-35(42)32-21-37-30-10-6-7-11-31(30)39-32/h3,6-7,10-19,21,24,29,33-34,36,41H,1,4-5,8-9,20,22-23H2,2H3,(H,38,42)/t24-,33+,34+,36+/m0/s1. The fourth-order valence-corrected chi connectivity index (χ4v) is 6.35. The largest absolute Gasteiger partial charge is 0.392 e. The molecule has 1 amide bonds. The maximum atomic E-state index is 12.9. The molecule has 1 aromatic heterocycles. The van der Waals surface area contributed by atoms with Crippen molar-refractivity contribution in [1.82, 2.24) is 14.9 Å². The maximum Gasteiger partial charge on any atom is 0.275 e. The fraction of sp³-hybridized carbons (Fsp3) is 0.361. The molecule has 8 heteroatoms. The summed E-state index contributed by atoms with van der Waals surface area (Å²) in [6.07, 6.45) is 7.59. The van der Waals surface area contributed by atoms with E-state index in [1.165, 1.54) is 31.9 Å². The summed E-state index contributed by atoms with van der Waals surface area (Å²) >= 11 is 0. The summed E-state index contributed by atoms with van der Waals surface area (Å²) in [6.45, 7) is 7.84. The van der Waals surface area contributed by atoms with Crippen LogP contribution in [0.25, 0.3) is 11.0 Å². The lowest BCUT2D eigenvalue weighted by Gasteiger charge is -2.43. The number of carbonyl (C=O) groups is 1. The molecule has 0 spiro atoms. The Kier molecular flexibility index (Phi) is 9.43. The van der Waals surface area contributed by atoms with Crippen molar-refractivity contribution < 1.29 is 19.4 Å². The van der Waals surface area contributed by atoms with E-state index in [0.29, 0.717) is 17.2 Å². The maximum absolute atomic E-state index is 12.9. The van der Waals surface area contributed by atoms with Crippen molar-refractivity contribution in [2.24, 2.45) is 5.92 Å². The molecule has 0 bridgehead atoms. The molecule has 2 heterocycles. The number of fused-ring (bicyclic) bond motifs is 1. The molecule has 4 aromatic rings. The van der Waals surface area contributed by atoms with Gasteiger partial charge in [0.05, 0.1) is 36.0 Å². The van der Waals surface area contributed by atoms with Crippen LogP contribution >= 0.6 is 0 Å². The van der Waals surface area contributed by atoms with Crippen LogP contribution in [0.1, 0.15) is 72.2 Å². The van der Waals surface area contributed by atoms with Gasteiger partial charge in [-0.1, -0.05) is 74.4 Å². The minimum absolute atomic E-state index is 0.00391. The Morgan fingerprint density at radius 2 is 1.70 bits per heavy atom. The molecule has 3 aromatic carbocycles. The minimum atomic E-state index is -0.580. The summed E-state index contributed by atoms with van der Waals surface area (Å²) in [5.41, 5.74) is 5.11. The van der Waals surface area contributed by atoms with Crippen molar-refractivity contribution >= 4 is 22.6 Å². The summed E-state index contributed by atoms with van der Waals surface area (Å²) < 4.78 is 13.3. The number of aliphatic hydroxyl groups is 1. The van der Waals surface area contributed by atoms with E-state index < -0.39 is 6.29 Å². The number of nitrogens with one attached hydrogen (secondary N) is 1. The van der Waals surface area contributed by atoms with Gasteiger partial charge in [-0.15, -0.1) is 6.58 Å². The number of para-hydroxylation sites is 2. The molecular weight excluding hydrogens is 552 g/mol. The van der Waals surface area contributed by atoms with E-state index in [0.717, 1.165) is 35.3 Å². The average Bonchev–Trinajstić information content (AvgIpc) is 3.61. The Bertz CT molecular complexity index is 1570. The molecule has 8 nitrogen and oxygen atoms in total. The lowest BCUT2D eigenvalue weighted by Crippen LogP contribution is -2.47. The number of aliphatic hydroxyl groups excluding tert-OH is 1. The highest BCUT2D eigenvalue weighted by atomic mass is 16.7. The molecule has 1 aliphatic heterocycles. The van der Waals surface area contributed by atoms with Crippen LogP contribution in [-0.2, 0) is 16.1 Å². The lowest BCUT2D eigenvalue weighted by molar-refractivity contribution is -0.276. The van der Waals surface area contributed by atoms with Crippen molar-refractivity contribution in [2.75, 3.05) is 18.4 Å². The normalized spacial score (nSPS) is 22.3. The van der Waals surface area contributed by atoms with Crippen molar-refractivity contribution in [3.63, 3.8) is 0 Å². The van der Waals surface area contributed by atoms with E-state index in [9.17, 15) is 9.90 Å². The Balaban J connectivity index is 1.21. The van der Waals surface area contributed by atoms with Gasteiger partial charge in [-0.2, -0.15) is 0 Å². The number of ether oxygens (including phenoxy) is 2. The van der Waals surface area contributed by atoms with E-state index in [1.807, 2.05) is 78.9 Å². The predicted molar refractivity (Wildman–Crippen MR) is 171 cm³/mol. The first-order valence-electron chi connectivity index (χ1n) is 15.5. The van der Waals surface area contributed by atoms with Gasteiger partial charge in [-0.05, 0) is 48.2 Å². The van der Waals surface area contributed by atoms with Gasteiger partial charge in [0.25, 0.3) is 5.91 Å². The number of benzene rings is 3. The number of aromatic nitrogens is 2. The van der Waals surface area contributed by atoms with Gasteiger partial charge in [0.2, 0.25) is 0 Å². The number of rotatable bonds is 10. The van der Waals surface area contributed by atoms with Crippen LogP contribution < -0.4 is 5.32 Å². The fourth-order valence-electron chi connectivity index (χ4n) is 6.35. The molecule has 0 unspecified atom stereocenters. The molecule has 4 atom stereocenters. The van der Waals surface area contributed by atoms with Crippen LogP contribution in [0, 0.1) is 5.92 Å². The third kappa shape index (κ3) is 6.74. The van der Waals surface area contributed by atoms with Crippen LogP contribution in [-0.4, -0.2) is 51.1 Å². The molecule has 2 aliphatic rings. The summed E-state index contributed by atoms with van der Waals surface area (Å²) in [5, 5.41) is 12.5. The van der Waals surface area contributed by atoms with E-state index in [4.69, 9.17) is 9.47 Å². The van der Waals surface area contributed by atoms with E-state index in [-0.39, 0.29) is 36.3 Å². The Labute approximate surface area is 258 Å². The van der Waals surface area contributed by atoms with Crippen molar-refractivity contribution in [3.8, 4) is 0 Å². The SMILES string of the molecule is C=CCN(C[C@H]1O[C@@H](c2ccc(NC(=O)c3cnc4ccccc4n3)cc2)O[C@@H](c2ccc(CO)cc2)[C@H]1C)C1CCCC1. The quantitative estimate of drug-likeness (QED) is 0.200. The van der Waals surface area contributed by atoms with Crippen molar-refractivity contribution in [1.29, 1.82) is 0 Å². The van der Waals surface area contributed by atoms with Gasteiger partial charge in [0, 0.05) is 36.3 Å². The zero-order chi connectivity index (χ0) is 30.5. The number of amides is 1. The highest BCUT2D eigenvalue weighted by molar-refractivity contribution is 6.03. The van der Waals surface area contributed by atoms with Crippen molar-refractivity contribution in [3.05, 3.63) is 114 Å². The van der Waals surface area contributed by atoms with Gasteiger partial charge in [-0.3, -0.25) is 14.7 Å². The Morgan fingerprint density at radius 1 is 1.00 bits per heavy atom. The van der Waals surface area contributed by atoms with Crippen molar-refractivity contribution in [2.45, 2.75) is 63.8 Å². The van der Waals surface area contributed by atoms with Gasteiger partial charge in [0.15, 0.2) is 6.29 Å². The smallest absolute Gasteiger partial charge is 0.275 e. The summed E-state index contributed by atoms with van der Waals surface area (Å²) in [6, 6.07) is 23.6. The van der Waals surface area contributed by atoms with Crippen LogP contribution in [0.4, 0.5) is 5.69 Å². The molecule has 1 saturated heterocycles. The number of hydrogen-bond acceptors (Lipinski definition) is 7. The third-order valence-electron chi connectivity index (χ3n) is 8.86. The topological polar surface area (TPSA) is 96.8 Å². The average molecular weight is 593 g/mol. The summed E-state index contributed by atoms with van der Waals surface area (Å²) in [5.74, 6) is -0.225. The molecule has 6 rings (SSSR count). The second kappa shape index (κ2) is 13.8. The predicted octanol–water partition coefficient (Wildman–Crippen LogP) is 6.60. The zero-order valence-corrected chi connectivity index (χ0v) is 25.1. The van der Waals surface area contributed by atoms with Crippen LogP contribution in [0.15, 0.2) is 91.6 Å². The molecule has 2 fully saturated rings. The molecule has 44 heavy (non-hydrogen) atoms. The number of carbonyl (C=O) groups excluding carboxylic acids is 1. The van der Waals surface area contributed by atoms with Gasteiger partial charge in [-0.25, -0.2) is 4.98 Å². The van der Waals surface area contributed by atoms with E-state index >= 15 is 0 Å². The van der Waals surface area contributed by atoms with Gasteiger partial charge < -0.3 is 19.9 Å². The second-order valence-corrected chi connectivity index (χ2v) is 11.8. The van der Waals surface area contributed by atoms with E-state index in [1.54, 1.807) is 0 Å². The van der Waals surface area contributed by atoms with E-state index in [2.05, 4.69) is 33.7 Å². The molecule has 0 radical (unpaired) electrons. The molecule has 1 saturated carbocycles. The van der Waals surface area contributed by atoms with Crippen LogP contribution in [0.2, 0.25) is 0 Å². The number of anilines is 1. The zero-order valence-electron chi connectivity index (χ0n) is 25.1. The summed E-state index contributed by atoms with van der Waals surface area (Å²) in [7, 11) is 0. The highest BCUT2D eigenvalue weighted by Crippen LogP contribution is 2.42. The second-order valence-electron chi connectivity index (χ2n) is 11.8. The molecular formula is C36H40N4O4.